The average Bonchev–Trinajstić information content (AvgIpc) is 2.59. The van der Waals surface area contributed by atoms with Crippen LogP contribution in [0.15, 0.2) is 0 Å². The Morgan fingerprint density at radius 3 is 2.57 bits per heavy atom. The number of hydrogen-bond donors (Lipinski definition) is 0. The van der Waals surface area contributed by atoms with E-state index >= 15 is 0 Å². The summed E-state index contributed by atoms with van der Waals surface area (Å²) in [5.74, 6) is -0.582. The first-order chi connectivity index (χ1) is 6.52. The van der Waals surface area contributed by atoms with Gasteiger partial charge in [-0.2, -0.15) is 0 Å². The van der Waals surface area contributed by atoms with Gasteiger partial charge in [0.2, 0.25) is 5.78 Å². The Morgan fingerprint density at radius 1 is 1.43 bits per heavy atom. The number of carbonyl (C=O) groups excluding carboxylic acids is 2. The van der Waals surface area contributed by atoms with Gasteiger partial charge in [-0.3, -0.25) is 9.59 Å². The van der Waals surface area contributed by atoms with Gasteiger partial charge >= 0.3 is 0 Å². The zero-order chi connectivity index (χ0) is 10.3. The highest BCUT2D eigenvalue weighted by molar-refractivity contribution is 6.37. The van der Waals surface area contributed by atoms with Crippen molar-refractivity contribution in [1.29, 1.82) is 0 Å². The molecule has 0 aromatic rings. The summed E-state index contributed by atoms with van der Waals surface area (Å²) in [4.78, 5) is 24.3. The molecule has 1 atom stereocenters. The molecule has 2 saturated heterocycles. The van der Waals surface area contributed by atoms with Crippen LogP contribution in [0.5, 0.6) is 0 Å². The fourth-order valence-corrected chi connectivity index (χ4v) is 2.16. The highest BCUT2D eigenvalue weighted by atomic mass is 16.5. The van der Waals surface area contributed by atoms with Gasteiger partial charge in [0.25, 0.3) is 5.91 Å². The summed E-state index contributed by atoms with van der Waals surface area (Å²) in [6.45, 7) is 5.93. The minimum absolute atomic E-state index is 0.0275. The molecule has 78 valence electrons. The van der Waals surface area contributed by atoms with E-state index in [0.717, 1.165) is 0 Å². The van der Waals surface area contributed by atoms with Crippen molar-refractivity contribution in [3.8, 4) is 0 Å². The monoisotopic (exact) mass is 197 g/mol. The van der Waals surface area contributed by atoms with Crippen LogP contribution in [-0.4, -0.2) is 42.4 Å². The largest absolute Gasteiger partial charge is 0.379 e. The first kappa shape index (κ1) is 9.65. The van der Waals surface area contributed by atoms with Crippen molar-refractivity contribution in [1.82, 2.24) is 4.90 Å². The molecule has 0 bridgehead atoms. The van der Waals surface area contributed by atoms with Gasteiger partial charge in [-0.05, 0) is 0 Å². The summed E-state index contributed by atoms with van der Waals surface area (Å²) < 4.78 is 5.36. The number of carbonyl (C=O) groups is 2. The van der Waals surface area contributed by atoms with E-state index in [1.807, 2.05) is 0 Å². The Bertz CT molecular complexity index is 285. The fraction of sp³-hybridized carbons (Fsp3) is 0.800. The Hall–Kier alpha value is -0.900. The molecule has 0 aliphatic carbocycles. The number of amides is 1. The highest BCUT2D eigenvalue weighted by Crippen LogP contribution is 2.33. The topological polar surface area (TPSA) is 46.6 Å². The van der Waals surface area contributed by atoms with Gasteiger partial charge in [0.15, 0.2) is 0 Å². The minimum Gasteiger partial charge on any atom is -0.379 e. The molecule has 0 saturated carbocycles. The number of Topliss-reactive ketones (excluding diaryl/α,β-unsaturated/α-hetero) is 1. The normalized spacial score (nSPS) is 31.6. The molecule has 2 rings (SSSR count). The zero-order valence-electron chi connectivity index (χ0n) is 8.58. The molecule has 14 heavy (non-hydrogen) atoms. The SMILES string of the molecule is CC1(C)COCC1N1CCC(=O)C1=O. The predicted molar refractivity (Wildman–Crippen MR) is 49.7 cm³/mol. The van der Waals surface area contributed by atoms with Crippen molar-refractivity contribution in [2.75, 3.05) is 19.8 Å². The number of ketones is 1. The summed E-state index contributed by atoms with van der Waals surface area (Å²) in [6.07, 6.45) is 0.366. The van der Waals surface area contributed by atoms with Crippen molar-refractivity contribution in [3.63, 3.8) is 0 Å². The maximum absolute atomic E-state index is 11.5. The van der Waals surface area contributed by atoms with Crippen LogP contribution < -0.4 is 0 Å². The number of likely N-dealkylation sites (tertiary alicyclic amines) is 1. The lowest BCUT2D eigenvalue weighted by molar-refractivity contribution is -0.142. The Kier molecular flexibility index (Phi) is 2.10. The van der Waals surface area contributed by atoms with Gasteiger partial charge in [0.05, 0.1) is 19.3 Å². The predicted octanol–water partition coefficient (Wildman–Crippen LogP) is 0.213. The molecular weight excluding hydrogens is 182 g/mol. The molecule has 2 fully saturated rings. The van der Waals surface area contributed by atoms with E-state index in [1.165, 1.54) is 0 Å². The van der Waals surface area contributed by atoms with Gasteiger partial charge in [-0.25, -0.2) is 0 Å². The Balaban J connectivity index is 2.16. The van der Waals surface area contributed by atoms with Crippen LogP contribution in [0.3, 0.4) is 0 Å². The molecule has 2 aliphatic rings. The number of nitrogens with zero attached hydrogens (tertiary/aromatic N) is 1. The first-order valence-corrected chi connectivity index (χ1v) is 4.94. The summed E-state index contributed by atoms with van der Waals surface area (Å²) in [6, 6.07) is 0.0708. The van der Waals surface area contributed by atoms with Crippen molar-refractivity contribution >= 4 is 11.7 Å². The van der Waals surface area contributed by atoms with E-state index in [0.29, 0.717) is 26.2 Å². The number of ether oxygens (including phenoxy) is 1. The van der Waals surface area contributed by atoms with Crippen LogP contribution in [0.2, 0.25) is 0 Å². The summed E-state index contributed by atoms with van der Waals surface area (Å²) in [7, 11) is 0. The molecule has 0 radical (unpaired) electrons. The van der Waals surface area contributed by atoms with Crippen LogP contribution >= 0.6 is 0 Å². The third-order valence-electron chi connectivity index (χ3n) is 3.11. The highest BCUT2D eigenvalue weighted by Gasteiger charge is 2.45. The van der Waals surface area contributed by atoms with E-state index in [4.69, 9.17) is 4.74 Å². The molecule has 4 nitrogen and oxygen atoms in total. The van der Waals surface area contributed by atoms with Crippen molar-refractivity contribution < 1.29 is 14.3 Å². The quantitative estimate of drug-likeness (QED) is 0.565. The maximum atomic E-state index is 11.5. The first-order valence-electron chi connectivity index (χ1n) is 4.94. The van der Waals surface area contributed by atoms with Crippen molar-refractivity contribution in [2.24, 2.45) is 5.41 Å². The van der Waals surface area contributed by atoms with Gasteiger partial charge in [0.1, 0.15) is 0 Å². The lowest BCUT2D eigenvalue weighted by Crippen LogP contribution is -2.46. The summed E-state index contributed by atoms with van der Waals surface area (Å²) >= 11 is 0. The summed E-state index contributed by atoms with van der Waals surface area (Å²) in [5.41, 5.74) is -0.0275. The van der Waals surface area contributed by atoms with Gasteiger partial charge in [-0.1, -0.05) is 13.8 Å². The molecule has 1 amide bonds. The molecule has 0 spiro atoms. The molecule has 0 aromatic heterocycles. The van der Waals surface area contributed by atoms with Crippen molar-refractivity contribution in [2.45, 2.75) is 26.3 Å². The van der Waals surface area contributed by atoms with Gasteiger partial charge in [0, 0.05) is 18.4 Å². The van der Waals surface area contributed by atoms with Crippen LogP contribution in [0.1, 0.15) is 20.3 Å². The molecule has 0 aromatic carbocycles. The molecule has 0 N–H and O–H groups in total. The second-order valence-electron chi connectivity index (χ2n) is 4.69. The average molecular weight is 197 g/mol. The van der Waals surface area contributed by atoms with E-state index in [-0.39, 0.29) is 23.1 Å². The van der Waals surface area contributed by atoms with Crippen LogP contribution in [-0.2, 0) is 14.3 Å². The lowest BCUT2D eigenvalue weighted by atomic mass is 9.87. The van der Waals surface area contributed by atoms with E-state index in [1.54, 1.807) is 4.90 Å². The van der Waals surface area contributed by atoms with Crippen LogP contribution in [0.25, 0.3) is 0 Å². The smallest absolute Gasteiger partial charge is 0.290 e. The molecule has 1 unspecified atom stereocenters. The summed E-state index contributed by atoms with van der Waals surface area (Å²) in [5, 5.41) is 0. The molecular formula is C10H15NO3. The maximum Gasteiger partial charge on any atom is 0.290 e. The Labute approximate surface area is 83.2 Å². The van der Waals surface area contributed by atoms with Crippen molar-refractivity contribution in [3.05, 3.63) is 0 Å². The van der Waals surface area contributed by atoms with Gasteiger partial charge < -0.3 is 9.64 Å². The minimum atomic E-state index is -0.325. The van der Waals surface area contributed by atoms with E-state index < -0.39 is 0 Å². The fourth-order valence-electron chi connectivity index (χ4n) is 2.16. The number of hydrogen-bond acceptors (Lipinski definition) is 3. The third kappa shape index (κ3) is 1.34. The second kappa shape index (κ2) is 3.05. The van der Waals surface area contributed by atoms with Crippen LogP contribution in [0, 0.1) is 5.41 Å². The zero-order valence-corrected chi connectivity index (χ0v) is 8.58. The molecule has 2 aliphatic heterocycles. The molecule has 2 heterocycles. The lowest BCUT2D eigenvalue weighted by Gasteiger charge is -2.32. The molecule has 4 heteroatoms. The number of rotatable bonds is 1. The van der Waals surface area contributed by atoms with E-state index in [2.05, 4.69) is 13.8 Å². The second-order valence-corrected chi connectivity index (χ2v) is 4.69. The standard InChI is InChI=1S/C10H15NO3/c1-10(2)6-14-5-8(10)11-4-3-7(12)9(11)13/h8H,3-6H2,1-2H3. The van der Waals surface area contributed by atoms with Gasteiger partial charge in [-0.15, -0.1) is 0 Å². The van der Waals surface area contributed by atoms with Crippen LogP contribution in [0.4, 0.5) is 0 Å². The Morgan fingerprint density at radius 2 is 2.14 bits per heavy atom. The third-order valence-corrected chi connectivity index (χ3v) is 3.11. The van der Waals surface area contributed by atoms with E-state index in [9.17, 15) is 9.59 Å².